The van der Waals surface area contributed by atoms with Crippen LogP contribution in [0.25, 0.3) is 0 Å². The Bertz CT molecular complexity index is 1560. The van der Waals surface area contributed by atoms with Crippen molar-refractivity contribution in [2.45, 2.75) is 83.5 Å². The van der Waals surface area contributed by atoms with E-state index >= 15 is 0 Å². The Morgan fingerprint density at radius 2 is 1.82 bits per heavy atom. The fourth-order valence-electron chi connectivity index (χ4n) is 9.27. The van der Waals surface area contributed by atoms with Gasteiger partial charge in [0.2, 0.25) is 5.78 Å². The third kappa shape index (κ3) is 7.06. The van der Waals surface area contributed by atoms with Gasteiger partial charge in [0.15, 0.2) is 12.4 Å². The molecule has 0 aliphatic heterocycles. The molecule has 4 aliphatic carbocycles. The molecular formula is C36H46N2O12. The maximum atomic E-state index is 13.7. The number of Topliss-reactive ketones (excluding diaryl/α,β-unsaturated/α-hetero) is 1. The lowest BCUT2D eigenvalue weighted by atomic mass is 9.46. The van der Waals surface area contributed by atoms with Gasteiger partial charge in [-0.25, -0.2) is 4.79 Å². The highest BCUT2D eigenvalue weighted by Crippen LogP contribution is 2.68. The Labute approximate surface area is 290 Å². The second-order valence-electron chi connectivity index (χ2n) is 14.6. The molecule has 0 amide bonds. The first-order valence-corrected chi connectivity index (χ1v) is 17.1. The molecule has 4 aliphatic rings. The van der Waals surface area contributed by atoms with Gasteiger partial charge in [-0.2, -0.15) is 0 Å². The van der Waals surface area contributed by atoms with Crippen LogP contribution < -0.4 is 10.5 Å². The van der Waals surface area contributed by atoms with E-state index in [4.69, 9.17) is 19.9 Å². The van der Waals surface area contributed by atoms with Crippen molar-refractivity contribution in [1.82, 2.24) is 0 Å². The normalized spacial score (nSPS) is 33.2. The van der Waals surface area contributed by atoms with Crippen molar-refractivity contribution in [3.05, 3.63) is 63.7 Å². The number of nitrogens with zero attached hydrogens (tertiary/aromatic N) is 1. The number of hydrogen-bond acceptors (Lipinski definition) is 13. The number of carbonyl (C=O) groups excluding carboxylic acids is 4. The predicted molar refractivity (Wildman–Crippen MR) is 176 cm³/mol. The monoisotopic (exact) mass is 698 g/mol. The molecule has 50 heavy (non-hydrogen) atoms. The molecule has 0 radical (unpaired) electrons. The minimum absolute atomic E-state index is 0.0249. The van der Waals surface area contributed by atoms with Crippen LogP contribution in [-0.2, 0) is 35.1 Å². The lowest BCUT2D eigenvalue weighted by Crippen LogP contribution is -2.62. The van der Waals surface area contributed by atoms with E-state index in [0.29, 0.717) is 31.2 Å². The minimum atomic E-state index is -1.84. The molecule has 0 spiro atoms. The number of aliphatic hydroxyl groups excluding tert-OH is 1. The summed E-state index contributed by atoms with van der Waals surface area (Å²) in [6.07, 6.45) is 6.28. The standard InChI is InChI=1S/C36H46N2O12/c1-21-16-27-26-11-8-23-18-24(39)12-13-34(23,2)31(26)29(40)19-35(27,3)36(21,44)30(41)20-48-33(43)50-25-9-6-22(7-10-25)17-28(37)32(42)47-14-4-5-15-49-38(45)46/h6-7,9-10,12-13,18,21,26-29,31,40,44H,4-5,8,11,14-17,19-20,37H2,1-3H3/t21-,26-,27?,28-,29-,31?,34-,35-,36-/m0/s1. The van der Waals surface area contributed by atoms with Crippen LogP contribution in [0.2, 0.25) is 0 Å². The number of rotatable bonds is 13. The summed E-state index contributed by atoms with van der Waals surface area (Å²) < 4.78 is 15.5. The van der Waals surface area contributed by atoms with Crippen molar-refractivity contribution in [2.75, 3.05) is 19.8 Å². The molecule has 9 atom stereocenters. The maximum Gasteiger partial charge on any atom is 0.514 e. The van der Waals surface area contributed by atoms with Crippen molar-refractivity contribution in [2.24, 2.45) is 40.2 Å². The van der Waals surface area contributed by atoms with Gasteiger partial charge in [0, 0.05) is 16.7 Å². The third-order valence-electron chi connectivity index (χ3n) is 11.7. The zero-order valence-electron chi connectivity index (χ0n) is 28.6. The number of carbonyl (C=O) groups is 4. The van der Waals surface area contributed by atoms with Gasteiger partial charge in [-0.05, 0) is 92.5 Å². The van der Waals surface area contributed by atoms with Gasteiger partial charge >= 0.3 is 12.1 Å². The van der Waals surface area contributed by atoms with E-state index in [1.54, 1.807) is 24.3 Å². The molecule has 272 valence electrons. The summed E-state index contributed by atoms with van der Waals surface area (Å²) in [5.41, 5.74) is 4.34. The Morgan fingerprint density at radius 3 is 2.52 bits per heavy atom. The SMILES string of the molecule is C[C@H]1CC2[C@@H]3CCC4=CC(=O)C=C[C@]4(C)C3[C@@H](O)C[C@]2(C)[C@@]1(O)C(=O)COC(=O)Oc1ccc(C[C@H](N)C(=O)OCCCCO[N+](=O)[O-])cc1. The van der Waals surface area contributed by atoms with Gasteiger partial charge in [-0.15, -0.1) is 10.1 Å². The molecule has 3 fully saturated rings. The second kappa shape index (κ2) is 14.6. The van der Waals surface area contributed by atoms with Crippen LogP contribution >= 0.6 is 0 Å². The average molecular weight is 699 g/mol. The Morgan fingerprint density at radius 1 is 1.12 bits per heavy atom. The van der Waals surface area contributed by atoms with E-state index in [1.807, 2.05) is 19.9 Å². The van der Waals surface area contributed by atoms with Crippen LogP contribution in [0.15, 0.2) is 48.1 Å². The molecule has 14 heteroatoms. The first kappa shape index (κ1) is 37.1. The summed E-state index contributed by atoms with van der Waals surface area (Å²) in [6.45, 7) is 4.98. The molecular weight excluding hydrogens is 652 g/mol. The molecule has 14 nitrogen and oxygen atoms in total. The predicted octanol–water partition coefficient (Wildman–Crippen LogP) is 3.43. The topological polar surface area (TPSA) is 215 Å². The number of aliphatic hydroxyl groups is 2. The van der Waals surface area contributed by atoms with Crippen LogP contribution in [0.4, 0.5) is 4.79 Å². The van der Waals surface area contributed by atoms with Crippen molar-refractivity contribution in [1.29, 1.82) is 0 Å². The van der Waals surface area contributed by atoms with E-state index in [-0.39, 0.29) is 55.3 Å². The van der Waals surface area contributed by atoms with Crippen molar-refractivity contribution < 1.29 is 53.5 Å². The molecule has 3 saturated carbocycles. The Balaban J connectivity index is 1.13. The van der Waals surface area contributed by atoms with E-state index in [9.17, 15) is 39.5 Å². The largest absolute Gasteiger partial charge is 0.514 e. The molecule has 2 unspecified atom stereocenters. The number of allylic oxidation sites excluding steroid dienone is 4. The summed E-state index contributed by atoms with van der Waals surface area (Å²) in [4.78, 5) is 64.9. The van der Waals surface area contributed by atoms with E-state index in [0.717, 1.165) is 12.0 Å². The van der Waals surface area contributed by atoms with Crippen LogP contribution in [0.5, 0.6) is 5.75 Å². The van der Waals surface area contributed by atoms with Crippen LogP contribution in [0, 0.1) is 44.6 Å². The maximum absolute atomic E-state index is 13.7. The smallest absolute Gasteiger partial charge is 0.465 e. The zero-order chi connectivity index (χ0) is 36.4. The Hall–Kier alpha value is -4.14. The van der Waals surface area contributed by atoms with Crippen LogP contribution in [0.1, 0.15) is 64.9 Å². The number of nitrogens with two attached hydrogens (primary N) is 1. The molecule has 5 rings (SSSR count). The van der Waals surface area contributed by atoms with E-state index < -0.39 is 64.1 Å². The number of ether oxygens (including phenoxy) is 3. The highest BCUT2D eigenvalue weighted by molar-refractivity contribution is 6.01. The average Bonchev–Trinajstić information content (AvgIpc) is 3.27. The van der Waals surface area contributed by atoms with Gasteiger partial charge < -0.3 is 35.0 Å². The summed E-state index contributed by atoms with van der Waals surface area (Å²) in [5, 5.41) is 33.0. The van der Waals surface area contributed by atoms with Gasteiger partial charge in [0.05, 0.1) is 19.3 Å². The Kier molecular flexibility index (Phi) is 10.8. The van der Waals surface area contributed by atoms with Crippen LogP contribution in [0.3, 0.4) is 0 Å². The van der Waals surface area contributed by atoms with Gasteiger partial charge in [-0.3, -0.25) is 14.4 Å². The first-order valence-electron chi connectivity index (χ1n) is 17.1. The van der Waals surface area contributed by atoms with Gasteiger partial charge in [0.25, 0.3) is 5.09 Å². The van der Waals surface area contributed by atoms with E-state index in [2.05, 4.69) is 11.8 Å². The number of esters is 1. The molecule has 1 aromatic carbocycles. The fraction of sp³-hybridized carbons (Fsp3) is 0.611. The third-order valence-corrected chi connectivity index (χ3v) is 11.7. The quantitative estimate of drug-likeness (QED) is 0.0886. The molecule has 0 saturated heterocycles. The summed E-state index contributed by atoms with van der Waals surface area (Å²) in [6, 6.07) is 5.21. The minimum Gasteiger partial charge on any atom is -0.465 e. The summed E-state index contributed by atoms with van der Waals surface area (Å²) in [7, 11) is 0. The highest BCUT2D eigenvalue weighted by Gasteiger charge is 2.70. The number of ketones is 2. The zero-order valence-corrected chi connectivity index (χ0v) is 28.6. The number of benzene rings is 1. The van der Waals surface area contributed by atoms with Crippen LogP contribution in [-0.4, -0.2) is 76.6 Å². The number of unbranched alkanes of at least 4 members (excludes halogenated alkanes) is 1. The molecule has 0 heterocycles. The molecule has 0 aromatic heterocycles. The summed E-state index contributed by atoms with van der Waals surface area (Å²) >= 11 is 0. The lowest BCUT2D eigenvalue weighted by molar-refractivity contribution is -0.757. The lowest BCUT2D eigenvalue weighted by Gasteiger charge is -2.59. The fourth-order valence-corrected chi connectivity index (χ4v) is 9.27. The van der Waals surface area contributed by atoms with Gasteiger partial charge in [-0.1, -0.05) is 44.6 Å². The molecule has 4 N–H and O–H groups in total. The summed E-state index contributed by atoms with van der Waals surface area (Å²) in [5.74, 6) is -1.85. The highest BCUT2D eigenvalue weighted by atomic mass is 16.9. The van der Waals surface area contributed by atoms with Crippen molar-refractivity contribution in [3.8, 4) is 5.75 Å². The van der Waals surface area contributed by atoms with E-state index in [1.165, 1.54) is 12.1 Å². The van der Waals surface area contributed by atoms with Crippen molar-refractivity contribution in [3.63, 3.8) is 0 Å². The molecule has 0 bridgehead atoms. The number of fused-ring (bicyclic) bond motifs is 5. The van der Waals surface area contributed by atoms with Gasteiger partial charge in [0.1, 0.15) is 17.4 Å². The van der Waals surface area contributed by atoms with Crippen molar-refractivity contribution >= 4 is 23.7 Å². The number of hydrogen-bond donors (Lipinski definition) is 3. The first-order chi connectivity index (χ1) is 23.6. The second-order valence-corrected chi connectivity index (χ2v) is 14.6. The molecule has 1 aromatic rings.